The van der Waals surface area contributed by atoms with Crippen LogP contribution in [0.25, 0.3) is 5.69 Å². The van der Waals surface area contributed by atoms with E-state index >= 15 is 0 Å². The number of thiocarbonyl (C=S) groups is 1. The average molecular weight is 498 g/mol. The molecule has 1 aliphatic rings. The standard InChI is InChI=1S/C28H27N5O2S/c1-18-8-6-9-20(16-18)32-15-7-11-24(32)27-26(22-10-4-5-14-29-22)31-28(36)33(27)21-12-13-25(35-3)23(17-21)30-19(2)34/h4-17,26-27H,1-3H3,(H,30,34)(H,31,36)/t26-,27-/m0/s1. The van der Waals surface area contributed by atoms with Gasteiger partial charge >= 0.3 is 0 Å². The van der Waals surface area contributed by atoms with Crippen molar-refractivity contribution in [2.45, 2.75) is 25.9 Å². The van der Waals surface area contributed by atoms with E-state index in [1.165, 1.54) is 12.5 Å². The van der Waals surface area contributed by atoms with Crippen LogP contribution in [0.15, 0.2) is 85.2 Å². The lowest BCUT2D eigenvalue weighted by Crippen LogP contribution is -2.30. The molecule has 2 aromatic heterocycles. The van der Waals surface area contributed by atoms with Gasteiger partial charge in [-0.2, -0.15) is 0 Å². The van der Waals surface area contributed by atoms with Gasteiger partial charge in [0.15, 0.2) is 5.11 Å². The van der Waals surface area contributed by atoms with Crippen LogP contribution in [0.5, 0.6) is 5.75 Å². The molecule has 0 spiro atoms. The molecule has 1 fully saturated rings. The lowest BCUT2D eigenvalue weighted by molar-refractivity contribution is -0.114. The molecule has 2 aromatic carbocycles. The number of hydrogen-bond donors (Lipinski definition) is 2. The predicted molar refractivity (Wildman–Crippen MR) is 146 cm³/mol. The molecular formula is C28H27N5O2S. The van der Waals surface area contributed by atoms with E-state index < -0.39 is 0 Å². The molecule has 0 bridgehead atoms. The van der Waals surface area contributed by atoms with E-state index in [0.29, 0.717) is 16.5 Å². The summed E-state index contributed by atoms with van der Waals surface area (Å²) in [4.78, 5) is 18.6. The Balaban J connectivity index is 1.66. The highest BCUT2D eigenvalue weighted by atomic mass is 32.1. The summed E-state index contributed by atoms with van der Waals surface area (Å²) in [7, 11) is 1.58. The molecule has 5 rings (SSSR count). The van der Waals surface area contributed by atoms with Crippen LogP contribution in [-0.2, 0) is 4.79 Å². The van der Waals surface area contributed by atoms with Gasteiger partial charge < -0.3 is 24.8 Å². The fourth-order valence-electron chi connectivity index (χ4n) is 4.71. The minimum absolute atomic E-state index is 0.177. The summed E-state index contributed by atoms with van der Waals surface area (Å²) in [5.74, 6) is 0.400. The molecule has 0 saturated carbocycles. The zero-order valence-corrected chi connectivity index (χ0v) is 21.1. The van der Waals surface area contributed by atoms with E-state index in [2.05, 4.69) is 68.5 Å². The third kappa shape index (κ3) is 4.43. The van der Waals surface area contributed by atoms with Gasteiger partial charge in [-0.25, -0.2) is 0 Å². The molecular weight excluding hydrogens is 470 g/mol. The lowest BCUT2D eigenvalue weighted by atomic mass is 10.0. The first-order chi connectivity index (χ1) is 17.5. The molecule has 4 aromatic rings. The fourth-order valence-corrected chi connectivity index (χ4v) is 5.06. The maximum Gasteiger partial charge on any atom is 0.221 e. The maximum absolute atomic E-state index is 11.9. The Bertz CT molecular complexity index is 1420. The second-order valence-corrected chi connectivity index (χ2v) is 9.09. The third-order valence-corrected chi connectivity index (χ3v) is 6.55. The molecule has 3 heterocycles. The molecule has 8 heteroatoms. The van der Waals surface area contributed by atoms with Gasteiger partial charge in [0.25, 0.3) is 0 Å². The summed E-state index contributed by atoms with van der Waals surface area (Å²) >= 11 is 5.88. The van der Waals surface area contributed by atoms with Crippen LogP contribution in [0.1, 0.15) is 36.0 Å². The average Bonchev–Trinajstić information content (AvgIpc) is 3.48. The van der Waals surface area contributed by atoms with Gasteiger partial charge in [0.05, 0.1) is 24.5 Å². The van der Waals surface area contributed by atoms with E-state index in [-0.39, 0.29) is 18.0 Å². The number of benzene rings is 2. The number of aromatic nitrogens is 2. The zero-order chi connectivity index (χ0) is 25.2. The van der Waals surface area contributed by atoms with Gasteiger partial charge in [0.2, 0.25) is 5.91 Å². The van der Waals surface area contributed by atoms with E-state index in [0.717, 1.165) is 22.8 Å². The summed E-state index contributed by atoms with van der Waals surface area (Å²) in [6, 6.07) is 23.7. The van der Waals surface area contributed by atoms with Crippen molar-refractivity contribution in [1.82, 2.24) is 14.9 Å². The Labute approximate surface area is 215 Å². The molecule has 1 aliphatic heterocycles. The van der Waals surface area contributed by atoms with Crippen LogP contribution in [0.4, 0.5) is 11.4 Å². The molecule has 2 N–H and O–H groups in total. The molecule has 36 heavy (non-hydrogen) atoms. The van der Waals surface area contributed by atoms with Crippen LogP contribution in [-0.4, -0.2) is 27.7 Å². The normalized spacial score (nSPS) is 17.1. The molecule has 2 atom stereocenters. The van der Waals surface area contributed by atoms with Crippen LogP contribution in [0, 0.1) is 6.92 Å². The van der Waals surface area contributed by atoms with Gasteiger partial charge in [-0.15, -0.1) is 0 Å². The van der Waals surface area contributed by atoms with Crippen LogP contribution < -0.4 is 20.3 Å². The highest BCUT2D eigenvalue weighted by molar-refractivity contribution is 7.80. The van der Waals surface area contributed by atoms with E-state index in [1.807, 2.05) is 42.5 Å². The molecule has 182 valence electrons. The first-order valence-corrected chi connectivity index (χ1v) is 12.1. The van der Waals surface area contributed by atoms with Crippen molar-refractivity contribution in [3.8, 4) is 11.4 Å². The molecule has 1 amide bonds. The van der Waals surface area contributed by atoms with Crippen LogP contribution in [0.2, 0.25) is 0 Å². The largest absolute Gasteiger partial charge is 0.495 e. The number of methoxy groups -OCH3 is 1. The number of aryl methyl sites for hydroxylation is 1. The Morgan fingerprint density at radius 1 is 1.06 bits per heavy atom. The minimum atomic E-state index is -0.207. The van der Waals surface area contributed by atoms with Crippen molar-refractivity contribution in [2.24, 2.45) is 0 Å². The van der Waals surface area contributed by atoms with Crippen LogP contribution in [0.3, 0.4) is 0 Å². The summed E-state index contributed by atoms with van der Waals surface area (Å²) in [6.07, 6.45) is 3.86. The Hall–Kier alpha value is -4.17. The quantitative estimate of drug-likeness (QED) is 0.351. The van der Waals surface area contributed by atoms with Gasteiger partial charge in [0, 0.05) is 36.4 Å². The Morgan fingerprint density at radius 3 is 2.64 bits per heavy atom. The number of hydrogen-bond acceptors (Lipinski definition) is 4. The summed E-state index contributed by atoms with van der Waals surface area (Å²) in [6.45, 7) is 3.56. The summed E-state index contributed by atoms with van der Waals surface area (Å²) in [5.41, 5.74) is 5.61. The van der Waals surface area contributed by atoms with Crippen molar-refractivity contribution in [2.75, 3.05) is 17.3 Å². The number of nitrogens with one attached hydrogen (secondary N) is 2. The number of pyridine rings is 1. The van der Waals surface area contributed by atoms with Crippen molar-refractivity contribution in [3.63, 3.8) is 0 Å². The topological polar surface area (TPSA) is 71.4 Å². The first-order valence-electron chi connectivity index (χ1n) is 11.7. The summed E-state index contributed by atoms with van der Waals surface area (Å²) in [5, 5.41) is 6.94. The van der Waals surface area contributed by atoms with Crippen molar-refractivity contribution < 1.29 is 9.53 Å². The number of nitrogens with zero attached hydrogens (tertiary/aromatic N) is 3. The van der Waals surface area contributed by atoms with Crippen LogP contribution >= 0.6 is 12.2 Å². The first kappa shape index (κ1) is 23.6. The fraction of sp³-hybridized carbons (Fsp3) is 0.179. The number of carbonyl (C=O) groups is 1. The molecule has 1 saturated heterocycles. The molecule has 0 aliphatic carbocycles. The predicted octanol–water partition coefficient (Wildman–Crippen LogP) is 5.32. The van der Waals surface area contributed by atoms with Gasteiger partial charge in [-0.1, -0.05) is 18.2 Å². The Kier molecular flexibility index (Phi) is 6.43. The highest BCUT2D eigenvalue weighted by Gasteiger charge is 2.42. The number of ether oxygens (including phenoxy) is 1. The summed E-state index contributed by atoms with van der Waals surface area (Å²) < 4.78 is 7.66. The molecule has 0 radical (unpaired) electrons. The highest BCUT2D eigenvalue weighted by Crippen LogP contribution is 2.43. The number of anilines is 2. The smallest absolute Gasteiger partial charge is 0.221 e. The SMILES string of the molecule is COc1ccc(N2C(=S)N[C@@H](c3ccccn3)[C@@H]2c2cccn2-c2cccc(C)c2)cc1NC(C)=O. The number of carbonyl (C=O) groups excluding carboxylic acids is 1. The van der Waals surface area contributed by atoms with Crippen molar-refractivity contribution >= 4 is 34.6 Å². The third-order valence-electron chi connectivity index (χ3n) is 6.23. The van der Waals surface area contributed by atoms with E-state index in [1.54, 1.807) is 13.3 Å². The second kappa shape index (κ2) is 9.83. The molecule has 7 nitrogen and oxygen atoms in total. The molecule has 0 unspecified atom stereocenters. The maximum atomic E-state index is 11.9. The van der Waals surface area contributed by atoms with Gasteiger partial charge in [-0.3, -0.25) is 9.78 Å². The number of rotatable bonds is 6. The second-order valence-electron chi connectivity index (χ2n) is 8.70. The Morgan fingerprint density at radius 2 is 1.92 bits per heavy atom. The van der Waals surface area contributed by atoms with Gasteiger partial charge in [-0.05, 0) is 79.3 Å². The minimum Gasteiger partial charge on any atom is -0.495 e. The van der Waals surface area contributed by atoms with Crippen molar-refractivity contribution in [1.29, 1.82) is 0 Å². The monoisotopic (exact) mass is 497 g/mol. The van der Waals surface area contributed by atoms with Crippen molar-refractivity contribution in [3.05, 3.63) is 102 Å². The zero-order valence-electron chi connectivity index (χ0n) is 20.3. The van der Waals surface area contributed by atoms with Gasteiger partial charge in [0.1, 0.15) is 11.8 Å². The number of amides is 1. The van der Waals surface area contributed by atoms with E-state index in [9.17, 15) is 4.79 Å². The lowest BCUT2D eigenvalue weighted by Gasteiger charge is -2.29. The van der Waals surface area contributed by atoms with E-state index in [4.69, 9.17) is 17.0 Å².